The molecule has 0 fully saturated rings. The third kappa shape index (κ3) is 3.18. The summed E-state index contributed by atoms with van der Waals surface area (Å²) < 4.78 is 3.66. The molecule has 2 rings (SSSR count). The van der Waals surface area contributed by atoms with Gasteiger partial charge in [0, 0.05) is 12.2 Å². The van der Waals surface area contributed by atoms with Crippen molar-refractivity contribution in [3.63, 3.8) is 0 Å². The van der Waals surface area contributed by atoms with Gasteiger partial charge in [-0.25, -0.2) is 0 Å². The predicted octanol–water partition coefficient (Wildman–Crippen LogP) is 1.97. The molecule has 20 heavy (non-hydrogen) atoms. The van der Waals surface area contributed by atoms with E-state index in [2.05, 4.69) is 9.59 Å². The molecule has 1 aromatic heterocycles. The number of aryl methyl sites for hydroxylation is 1. The summed E-state index contributed by atoms with van der Waals surface area (Å²) in [6.45, 7) is 1.98. The van der Waals surface area contributed by atoms with Crippen molar-refractivity contribution in [2.24, 2.45) is 0 Å². The van der Waals surface area contributed by atoms with Crippen LogP contribution in [-0.2, 0) is 4.79 Å². The van der Waals surface area contributed by atoms with Gasteiger partial charge < -0.3 is 10.0 Å². The number of carboxylic acids is 1. The summed E-state index contributed by atoms with van der Waals surface area (Å²) >= 11 is 0.994. The van der Waals surface area contributed by atoms with Crippen LogP contribution in [0.3, 0.4) is 0 Å². The maximum absolute atomic E-state index is 12.4. The van der Waals surface area contributed by atoms with Crippen LogP contribution in [0.4, 0.5) is 5.69 Å². The van der Waals surface area contributed by atoms with Gasteiger partial charge >= 0.3 is 5.97 Å². The van der Waals surface area contributed by atoms with Crippen molar-refractivity contribution in [3.8, 4) is 0 Å². The zero-order valence-corrected chi connectivity index (χ0v) is 11.6. The zero-order valence-electron chi connectivity index (χ0n) is 10.8. The van der Waals surface area contributed by atoms with Crippen LogP contribution in [0.5, 0.6) is 0 Å². The smallest absolute Gasteiger partial charge is 0.305 e. The minimum absolute atomic E-state index is 0.108. The third-order valence-corrected chi connectivity index (χ3v) is 3.43. The molecule has 0 aliphatic carbocycles. The fourth-order valence-corrected chi connectivity index (χ4v) is 2.26. The molecule has 0 aliphatic heterocycles. The Morgan fingerprint density at radius 1 is 1.35 bits per heavy atom. The number of carbonyl (C=O) groups excluding carboxylic acids is 1. The molecule has 6 nitrogen and oxygen atoms in total. The number of rotatable bonds is 5. The highest BCUT2D eigenvalue weighted by Crippen LogP contribution is 2.22. The lowest BCUT2D eigenvalue weighted by molar-refractivity contribution is -0.136. The van der Waals surface area contributed by atoms with Crippen LogP contribution in [0, 0.1) is 6.92 Å². The van der Waals surface area contributed by atoms with E-state index < -0.39 is 5.97 Å². The summed E-state index contributed by atoms with van der Waals surface area (Å²) in [5.41, 5.74) is 1.61. The Bertz CT molecular complexity index is 613. The minimum atomic E-state index is -0.946. The van der Waals surface area contributed by atoms with Gasteiger partial charge in [0.05, 0.1) is 12.6 Å². The molecule has 0 radical (unpaired) electrons. The zero-order chi connectivity index (χ0) is 14.5. The molecule has 0 spiro atoms. The molecule has 0 saturated heterocycles. The molecule has 7 heteroatoms. The van der Waals surface area contributed by atoms with Crippen molar-refractivity contribution in [1.82, 2.24) is 9.59 Å². The second kappa shape index (κ2) is 6.25. The molecular weight excluding hydrogens is 278 g/mol. The molecule has 1 amide bonds. The summed E-state index contributed by atoms with van der Waals surface area (Å²) in [4.78, 5) is 25.0. The number of anilines is 1. The van der Waals surface area contributed by atoms with Gasteiger partial charge in [-0.1, -0.05) is 22.7 Å². The summed E-state index contributed by atoms with van der Waals surface area (Å²) in [5.74, 6) is -1.23. The van der Waals surface area contributed by atoms with E-state index >= 15 is 0 Å². The predicted molar refractivity (Wildman–Crippen MR) is 75.0 cm³/mol. The molecule has 0 atom stereocenters. The molecule has 1 heterocycles. The van der Waals surface area contributed by atoms with Crippen LogP contribution in [0.25, 0.3) is 0 Å². The third-order valence-electron chi connectivity index (χ3n) is 2.77. The number of hydrogen-bond acceptors (Lipinski definition) is 5. The first kappa shape index (κ1) is 14.1. The lowest BCUT2D eigenvalue weighted by Gasteiger charge is -2.23. The van der Waals surface area contributed by atoms with Crippen molar-refractivity contribution in [1.29, 1.82) is 0 Å². The monoisotopic (exact) mass is 291 g/mol. The second-order valence-corrected chi connectivity index (χ2v) is 4.95. The van der Waals surface area contributed by atoms with Crippen molar-refractivity contribution in [2.75, 3.05) is 11.4 Å². The summed E-state index contributed by atoms with van der Waals surface area (Å²) in [5, 5.41) is 12.5. The van der Waals surface area contributed by atoms with Gasteiger partial charge in [0.2, 0.25) is 0 Å². The van der Waals surface area contributed by atoms with Gasteiger partial charge in [-0.15, -0.1) is 5.10 Å². The molecule has 0 unspecified atom stereocenters. The number of carboxylic acid groups (broad SMARTS) is 1. The number of amides is 1. The SMILES string of the molecule is Cc1ccccc1N(CCC(=O)O)C(=O)c1cnns1. The van der Waals surface area contributed by atoms with Crippen LogP contribution in [0.15, 0.2) is 30.5 Å². The first-order valence-electron chi connectivity index (χ1n) is 5.96. The summed E-state index contributed by atoms with van der Waals surface area (Å²) in [6, 6.07) is 7.35. The van der Waals surface area contributed by atoms with Crippen LogP contribution in [0.2, 0.25) is 0 Å². The Hall–Kier alpha value is -2.28. The molecule has 0 bridgehead atoms. The number of carbonyl (C=O) groups is 2. The Kier molecular flexibility index (Phi) is 4.41. The van der Waals surface area contributed by atoms with Gasteiger partial charge in [-0.3, -0.25) is 9.59 Å². The lowest BCUT2D eigenvalue weighted by Crippen LogP contribution is -2.33. The Labute approximate surface area is 119 Å². The molecule has 104 valence electrons. The highest BCUT2D eigenvalue weighted by molar-refractivity contribution is 7.07. The first-order chi connectivity index (χ1) is 9.59. The first-order valence-corrected chi connectivity index (χ1v) is 6.73. The van der Waals surface area contributed by atoms with E-state index in [1.807, 2.05) is 25.1 Å². The van der Waals surface area contributed by atoms with Crippen molar-refractivity contribution < 1.29 is 14.7 Å². The van der Waals surface area contributed by atoms with Crippen LogP contribution in [0.1, 0.15) is 21.7 Å². The van der Waals surface area contributed by atoms with Gasteiger partial charge in [-0.05, 0) is 30.1 Å². The van der Waals surface area contributed by atoms with Crippen molar-refractivity contribution in [2.45, 2.75) is 13.3 Å². The fraction of sp³-hybridized carbons (Fsp3) is 0.231. The summed E-state index contributed by atoms with van der Waals surface area (Å²) in [7, 11) is 0. The average molecular weight is 291 g/mol. The maximum atomic E-state index is 12.4. The van der Waals surface area contributed by atoms with Crippen molar-refractivity contribution >= 4 is 29.1 Å². The Morgan fingerprint density at radius 2 is 2.10 bits per heavy atom. The van der Waals surface area contributed by atoms with Crippen molar-refractivity contribution in [3.05, 3.63) is 40.9 Å². The van der Waals surface area contributed by atoms with E-state index in [9.17, 15) is 9.59 Å². The normalized spacial score (nSPS) is 10.2. The second-order valence-electron chi connectivity index (χ2n) is 4.17. The number of hydrogen-bond donors (Lipinski definition) is 1. The highest BCUT2D eigenvalue weighted by atomic mass is 32.1. The van der Waals surface area contributed by atoms with Crippen LogP contribution < -0.4 is 4.90 Å². The largest absolute Gasteiger partial charge is 0.481 e. The highest BCUT2D eigenvalue weighted by Gasteiger charge is 2.21. The maximum Gasteiger partial charge on any atom is 0.305 e. The number of benzene rings is 1. The number of nitrogens with zero attached hydrogens (tertiary/aromatic N) is 3. The molecule has 1 N–H and O–H groups in total. The van der Waals surface area contributed by atoms with Gasteiger partial charge in [0.1, 0.15) is 4.88 Å². The lowest BCUT2D eigenvalue weighted by atomic mass is 10.1. The molecule has 0 saturated carbocycles. The van der Waals surface area contributed by atoms with E-state index in [0.29, 0.717) is 10.6 Å². The van der Waals surface area contributed by atoms with Gasteiger partial charge in [0.15, 0.2) is 0 Å². The van der Waals surface area contributed by atoms with Gasteiger partial charge in [0.25, 0.3) is 5.91 Å². The standard InChI is InChI=1S/C13H13N3O3S/c1-9-4-2-3-5-10(9)16(7-6-12(17)18)13(19)11-8-14-15-20-11/h2-5,8H,6-7H2,1H3,(H,17,18). The van der Waals surface area contributed by atoms with E-state index in [1.54, 1.807) is 6.07 Å². The quantitative estimate of drug-likeness (QED) is 0.910. The number of aromatic nitrogens is 2. The minimum Gasteiger partial charge on any atom is -0.481 e. The number of aliphatic carboxylic acids is 1. The Morgan fingerprint density at radius 3 is 2.70 bits per heavy atom. The van der Waals surface area contributed by atoms with E-state index in [0.717, 1.165) is 17.1 Å². The van der Waals surface area contributed by atoms with Crippen LogP contribution in [-0.4, -0.2) is 33.1 Å². The van der Waals surface area contributed by atoms with E-state index in [-0.39, 0.29) is 18.9 Å². The van der Waals surface area contributed by atoms with E-state index in [1.165, 1.54) is 11.1 Å². The molecule has 2 aromatic rings. The topological polar surface area (TPSA) is 83.4 Å². The van der Waals surface area contributed by atoms with E-state index in [4.69, 9.17) is 5.11 Å². The average Bonchev–Trinajstić information content (AvgIpc) is 2.94. The molecule has 1 aromatic carbocycles. The summed E-state index contributed by atoms with van der Waals surface area (Å²) in [6.07, 6.45) is 1.27. The fourth-order valence-electron chi connectivity index (χ4n) is 1.80. The molecule has 0 aliphatic rings. The number of para-hydroxylation sites is 1. The van der Waals surface area contributed by atoms with Crippen LogP contribution >= 0.6 is 11.5 Å². The van der Waals surface area contributed by atoms with Gasteiger partial charge in [-0.2, -0.15) is 0 Å². The molecular formula is C13H13N3O3S. The Balaban J connectivity index is 2.32.